The Morgan fingerprint density at radius 1 is 0.742 bits per heavy atom. The van der Waals surface area contributed by atoms with Crippen molar-refractivity contribution < 1.29 is 15.0 Å². The molecule has 4 N–H and O–H groups in total. The molecule has 0 aromatic heterocycles. The molecule has 0 saturated heterocycles. The van der Waals surface area contributed by atoms with Crippen molar-refractivity contribution >= 4 is 39.2 Å². The van der Waals surface area contributed by atoms with Crippen LogP contribution >= 0.6 is 0 Å². The summed E-state index contributed by atoms with van der Waals surface area (Å²) in [4.78, 5) is 18.8. The number of nitrogens with one attached hydrogen (secondary N) is 1. The molecule has 0 amide bonds. The second-order valence-corrected chi connectivity index (χ2v) is 6.47. The standard InChI is InChI=1S/C16H13N.C6H5N3O5/c1-2-8-15(9-3-1)17-16-11-10-13-6-4-5-7-14(13)12-16;7-4-1-3(8(11)12)2-5(6(4)10)9(13)14/h1-12,17H;1-2,10H,7H2. The van der Waals surface area contributed by atoms with Crippen LogP contribution in [0, 0.1) is 20.2 Å². The van der Waals surface area contributed by atoms with Gasteiger partial charge in [-0.1, -0.05) is 48.5 Å². The zero-order chi connectivity index (χ0) is 22.4. The molecule has 0 fully saturated rings. The SMILES string of the molecule is Nc1cc([N+](=O)[O-])cc([N+](=O)[O-])c1O.c1ccc(Nc2ccc3ccccc3c2)cc1. The van der Waals surface area contributed by atoms with Crippen LogP contribution in [0.25, 0.3) is 10.8 Å². The molecule has 9 heteroatoms. The quantitative estimate of drug-likeness (QED) is 0.175. The van der Waals surface area contributed by atoms with Gasteiger partial charge in [0, 0.05) is 17.4 Å². The number of non-ortho nitro benzene ring substituents is 1. The maximum Gasteiger partial charge on any atom is 0.319 e. The van der Waals surface area contributed by atoms with E-state index < -0.39 is 32.7 Å². The van der Waals surface area contributed by atoms with Gasteiger partial charge in [0.25, 0.3) is 5.69 Å². The summed E-state index contributed by atoms with van der Waals surface area (Å²) in [5.74, 6) is -0.763. The Morgan fingerprint density at radius 2 is 1.39 bits per heavy atom. The third kappa shape index (κ3) is 5.24. The molecule has 0 unspecified atom stereocenters. The number of aromatic hydroxyl groups is 1. The first-order valence-electron chi connectivity index (χ1n) is 9.07. The molecular weight excluding hydrogens is 400 g/mol. The van der Waals surface area contributed by atoms with Crippen LogP contribution in [0.1, 0.15) is 0 Å². The maximum atomic E-state index is 10.3. The van der Waals surface area contributed by atoms with Gasteiger partial charge in [-0.05, 0) is 35.0 Å². The summed E-state index contributed by atoms with van der Waals surface area (Å²) in [6, 6.07) is 26.5. The molecule has 4 aromatic carbocycles. The van der Waals surface area contributed by atoms with Crippen LogP contribution in [0.3, 0.4) is 0 Å². The van der Waals surface area contributed by atoms with Crippen molar-refractivity contribution in [1.29, 1.82) is 0 Å². The van der Waals surface area contributed by atoms with Gasteiger partial charge in [0.05, 0.1) is 21.6 Å². The highest BCUT2D eigenvalue weighted by atomic mass is 16.6. The number of fused-ring (bicyclic) bond motifs is 1. The van der Waals surface area contributed by atoms with Crippen molar-refractivity contribution in [2.24, 2.45) is 0 Å². The van der Waals surface area contributed by atoms with Crippen LogP contribution in [0.15, 0.2) is 84.9 Å². The van der Waals surface area contributed by atoms with E-state index in [9.17, 15) is 20.2 Å². The van der Waals surface area contributed by atoms with Crippen molar-refractivity contribution in [2.45, 2.75) is 0 Å². The van der Waals surface area contributed by atoms with Crippen LogP contribution in [0.2, 0.25) is 0 Å². The van der Waals surface area contributed by atoms with Gasteiger partial charge in [0.1, 0.15) is 0 Å². The number of benzene rings is 4. The zero-order valence-electron chi connectivity index (χ0n) is 16.1. The number of nitrogen functional groups attached to an aromatic ring is 1. The zero-order valence-corrected chi connectivity index (χ0v) is 16.1. The number of phenolic OH excluding ortho intramolecular Hbond substituents is 1. The molecule has 31 heavy (non-hydrogen) atoms. The molecule has 0 heterocycles. The first kappa shape index (κ1) is 21.1. The van der Waals surface area contributed by atoms with Crippen molar-refractivity contribution in [1.82, 2.24) is 0 Å². The number of nitro benzene ring substituents is 2. The van der Waals surface area contributed by atoms with E-state index in [4.69, 9.17) is 10.8 Å². The fraction of sp³-hybridized carbons (Fsp3) is 0. The Hall–Kier alpha value is -4.66. The number of nitrogens with zero attached hydrogens (tertiary/aromatic N) is 2. The van der Waals surface area contributed by atoms with E-state index in [0.29, 0.717) is 6.07 Å². The van der Waals surface area contributed by atoms with Crippen LogP contribution in [0.4, 0.5) is 28.4 Å². The Kier molecular flexibility index (Phi) is 6.27. The third-order valence-electron chi connectivity index (χ3n) is 4.32. The Balaban J connectivity index is 0.000000180. The number of hydrogen-bond donors (Lipinski definition) is 3. The first-order valence-corrected chi connectivity index (χ1v) is 9.07. The fourth-order valence-electron chi connectivity index (χ4n) is 2.83. The lowest BCUT2D eigenvalue weighted by molar-refractivity contribution is -0.394. The van der Waals surface area contributed by atoms with Crippen molar-refractivity contribution in [3.8, 4) is 5.75 Å². The summed E-state index contributed by atoms with van der Waals surface area (Å²) in [6.07, 6.45) is 0. The molecule has 0 atom stereocenters. The molecule has 9 nitrogen and oxygen atoms in total. The van der Waals surface area contributed by atoms with Crippen LogP contribution in [0.5, 0.6) is 5.75 Å². The summed E-state index contributed by atoms with van der Waals surface area (Å²) >= 11 is 0. The molecule has 4 aromatic rings. The number of nitro groups is 2. The number of hydrogen-bond acceptors (Lipinski definition) is 7. The van der Waals surface area contributed by atoms with Gasteiger partial charge in [-0.25, -0.2) is 0 Å². The molecule has 0 saturated carbocycles. The van der Waals surface area contributed by atoms with E-state index in [1.807, 2.05) is 18.2 Å². The van der Waals surface area contributed by atoms with Crippen molar-refractivity contribution in [2.75, 3.05) is 11.1 Å². The molecule has 0 bridgehead atoms. The summed E-state index contributed by atoms with van der Waals surface area (Å²) in [5.41, 5.74) is 5.66. The lowest BCUT2D eigenvalue weighted by Crippen LogP contribution is -1.96. The Bertz CT molecular complexity index is 1250. The highest BCUT2D eigenvalue weighted by Crippen LogP contribution is 2.35. The van der Waals surface area contributed by atoms with Crippen LogP contribution < -0.4 is 11.1 Å². The summed E-state index contributed by atoms with van der Waals surface area (Å²) in [6.45, 7) is 0. The normalized spacial score (nSPS) is 10.1. The topological polar surface area (TPSA) is 145 Å². The average Bonchev–Trinajstić information content (AvgIpc) is 2.76. The van der Waals surface area contributed by atoms with Gasteiger partial charge >= 0.3 is 5.69 Å². The minimum Gasteiger partial charge on any atom is -0.501 e. The number of nitrogens with two attached hydrogens (primary N) is 1. The molecule has 156 valence electrons. The summed E-state index contributed by atoms with van der Waals surface area (Å²) in [5, 5.41) is 35.6. The second-order valence-electron chi connectivity index (χ2n) is 6.47. The Morgan fingerprint density at radius 3 is 2.03 bits per heavy atom. The van der Waals surface area contributed by atoms with Crippen LogP contribution in [-0.2, 0) is 0 Å². The number of phenols is 1. The van der Waals surface area contributed by atoms with Gasteiger partial charge in [-0.2, -0.15) is 0 Å². The smallest absolute Gasteiger partial charge is 0.319 e. The van der Waals surface area contributed by atoms with Gasteiger partial charge in [0.2, 0.25) is 5.75 Å². The lowest BCUT2D eigenvalue weighted by atomic mass is 10.1. The predicted octanol–water partition coefficient (Wildman–Crippen LogP) is 5.37. The molecule has 0 radical (unpaired) electrons. The number of para-hydroxylation sites is 1. The molecule has 0 spiro atoms. The minimum atomic E-state index is -0.946. The van der Waals surface area contributed by atoms with E-state index in [2.05, 4.69) is 59.9 Å². The predicted molar refractivity (Wildman–Crippen MR) is 120 cm³/mol. The summed E-state index contributed by atoms with van der Waals surface area (Å²) in [7, 11) is 0. The van der Waals surface area contributed by atoms with E-state index in [1.54, 1.807) is 0 Å². The van der Waals surface area contributed by atoms with E-state index >= 15 is 0 Å². The van der Waals surface area contributed by atoms with E-state index in [1.165, 1.54) is 10.8 Å². The minimum absolute atomic E-state index is 0.397. The molecule has 0 aliphatic carbocycles. The van der Waals surface area contributed by atoms with Gasteiger partial charge in [-0.3, -0.25) is 20.2 Å². The van der Waals surface area contributed by atoms with E-state index in [0.717, 1.165) is 17.4 Å². The average molecular weight is 418 g/mol. The number of anilines is 3. The Labute approximate surface area is 176 Å². The van der Waals surface area contributed by atoms with Gasteiger partial charge < -0.3 is 16.2 Å². The monoisotopic (exact) mass is 418 g/mol. The molecule has 0 aliphatic heterocycles. The fourth-order valence-corrected chi connectivity index (χ4v) is 2.83. The van der Waals surface area contributed by atoms with Crippen LogP contribution in [-0.4, -0.2) is 15.0 Å². The highest BCUT2D eigenvalue weighted by Gasteiger charge is 2.22. The molecule has 4 rings (SSSR count). The third-order valence-corrected chi connectivity index (χ3v) is 4.32. The largest absolute Gasteiger partial charge is 0.501 e. The van der Waals surface area contributed by atoms with E-state index in [-0.39, 0.29) is 0 Å². The van der Waals surface area contributed by atoms with Gasteiger partial charge in [-0.15, -0.1) is 0 Å². The second kappa shape index (κ2) is 9.23. The summed E-state index contributed by atoms with van der Waals surface area (Å²) < 4.78 is 0. The lowest BCUT2D eigenvalue weighted by Gasteiger charge is -2.07. The van der Waals surface area contributed by atoms with Crippen molar-refractivity contribution in [3.05, 3.63) is 105 Å². The number of rotatable bonds is 4. The molecule has 0 aliphatic rings. The first-order chi connectivity index (χ1) is 14.8. The molecular formula is C22H18N4O5. The van der Waals surface area contributed by atoms with Crippen molar-refractivity contribution in [3.63, 3.8) is 0 Å². The highest BCUT2D eigenvalue weighted by molar-refractivity contribution is 5.86. The van der Waals surface area contributed by atoms with Gasteiger partial charge in [0.15, 0.2) is 0 Å². The maximum absolute atomic E-state index is 10.3.